The second kappa shape index (κ2) is 8.20. The van der Waals surface area contributed by atoms with Crippen LogP contribution < -0.4 is 15.4 Å². The maximum Gasteiger partial charge on any atom is 0.191 e. The fourth-order valence-electron chi connectivity index (χ4n) is 2.87. The molecule has 0 spiro atoms. The summed E-state index contributed by atoms with van der Waals surface area (Å²) in [5, 5.41) is 9.23. The molecule has 0 bridgehead atoms. The van der Waals surface area contributed by atoms with Crippen molar-refractivity contribution < 1.29 is 4.74 Å². The van der Waals surface area contributed by atoms with Crippen LogP contribution in [0.1, 0.15) is 11.1 Å². The van der Waals surface area contributed by atoms with E-state index >= 15 is 0 Å². The Balaban J connectivity index is 1.65. The van der Waals surface area contributed by atoms with E-state index in [0.717, 1.165) is 17.3 Å². The molecule has 3 aromatic carbocycles. The Bertz CT molecular complexity index is 868. The summed E-state index contributed by atoms with van der Waals surface area (Å²) in [6.45, 7) is 1.37. The SMILES string of the molecule is CN=C(NCc1ccccc1OC)NCc1cccc2ccccc12. The number of aliphatic imine (C=N–C) groups is 1. The zero-order valence-corrected chi connectivity index (χ0v) is 14.6. The lowest BCUT2D eigenvalue weighted by atomic mass is 10.0. The van der Waals surface area contributed by atoms with Crippen molar-refractivity contribution in [3.05, 3.63) is 77.9 Å². The molecule has 4 nitrogen and oxygen atoms in total. The summed E-state index contributed by atoms with van der Waals surface area (Å²) in [5.74, 6) is 1.64. The summed E-state index contributed by atoms with van der Waals surface area (Å²) < 4.78 is 5.39. The van der Waals surface area contributed by atoms with Crippen LogP contribution in [-0.2, 0) is 13.1 Å². The largest absolute Gasteiger partial charge is 0.496 e. The van der Waals surface area contributed by atoms with Gasteiger partial charge in [-0.15, -0.1) is 0 Å². The standard InChI is InChI=1S/C21H23N3O/c1-22-21(24-15-18-9-4-6-13-20(18)25-2)23-14-17-11-7-10-16-8-3-5-12-19(16)17/h3-13H,14-15H2,1-2H3,(H2,22,23,24). The maximum atomic E-state index is 5.39. The number of fused-ring (bicyclic) bond motifs is 1. The molecule has 0 aromatic heterocycles. The van der Waals surface area contributed by atoms with E-state index in [9.17, 15) is 0 Å². The molecule has 0 aliphatic heterocycles. The molecule has 0 atom stereocenters. The van der Waals surface area contributed by atoms with Crippen molar-refractivity contribution in [1.29, 1.82) is 0 Å². The molecule has 3 rings (SSSR count). The van der Waals surface area contributed by atoms with E-state index in [1.807, 2.05) is 24.3 Å². The van der Waals surface area contributed by atoms with Gasteiger partial charge in [-0.25, -0.2) is 0 Å². The number of nitrogens with zero attached hydrogens (tertiary/aromatic N) is 1. The molecule has 0 fully saturated rings. The van der Waals surface area contributed by atoms with Crippen LogP contribution in [0.3, 0.4) is 0 Å². The minimum atomic E-state index is 0.652. The average Bonchev–Trinajstić information content (AvgIpc) is 2.68. The Labute approximate surface area is 148 Å². The third-order valence-corrected chi connectivity index (χ3v) is 4.19. The smallest absolute Gasteiger partial charge is 0.191 e. The van der Waals surface area contributed by atoms with Crippen molar-refractivity contribution >= 4 is 16.7 Å². The van der Waals surface area contributed by atoms with Gasteiger partial charge < -0.3 is 15.4 Å². The highest BCUT2D eigenvalue weighted by molar-refractivity contribution is 5.86. The number of nitrogens with one attached hydrogen (secondary N) is 2. The van der Waals surface area contributed by atoms with Crippen molar-refractivity contribution in [1.82, 2.24) is 10.6 Å². The fraction of sp³-hybridized carbons (Fsp3) is 0.190. The minimum Gasteiger partial charge on any atom is -0.496 e. The highest BCUT2D eigenvalue weighted by atomic mass is 16.5. The molecule has 4 heteroatoms. The first kappa shape index (κ1) is 16.8. The van der Waals surface area contributed by atoms with E-state index < -0.39 is 0 Å². The van der Waals surface area contributed by atoms with E-state index in [1.165, 1.54) is 16.3 Å². The van der Waals surface area contributed by atoms with Gasteiger partial charge in [-0.05, 0) is 22.4 Å². The second-order valence-electron chi connectivity index (χ2n) is 5.73. The van der Waals surface area contributed by atoms with Gasteiger partial charge in [0, 0.05) is 25.7 Å². The van der Waals surface area contributed by atoms with E-state index in [1.54, 1.807) is 14.2 Å². The van der Waals surface area contributed by atoms with Crippen molar-refractivity contribution in [2.75, 3.05) is 14.2 Å². The molecule has 0 saturated carbocycles. The van der Waals surface area contributed by atoms with Crippen molar-refractivity contribution in [3.8, 4) is 5.75 Å². The molecule has 0 saturated heterocycles. The Kier molecular flexibility index (Phi) is 5.52. The molecule has 0 unspecified atom stereocenters. The van der Waals surface area contributed by atoms with Crippen LogP contribution >= 0.6 is 0 Å². The van der Waals surface area contributed by atoms with Crippen molar-refractivity contribution in [2.24, 2.45) is 4.99 Å². The summed E-state index contributed by atoms with van der Waals surface area (Å²) in [6, 6.07) is 22.8. The van der Waals surface area contributed by atoms with Crippen LogP contribution in [0.25, 0.3) is 10.8 Å². The number of hydrogen-bond acceptors (Lipinski definition) is 2. The van der Waals surface area contributed by atoms with Crippen molar-refractivity contribution in [2.45, 2.75) is 13.1 Å². The van der Waals surface area contributed by atoms with E-state index in [4.69, 9.17) is 4.74 Å². The first-order valence-electron chi connectivity index (χ1n) is 8.35. The summed E-state index contributed by atoms with van der Waals surface area (Å²) in [4.78, 5) is 4.31. The summed E-state index contributed by atoms with van der Waals surface area (Å²) in [6.07, 6.45) is 0. The quantitative estimate of drug-likeness (QED) is 0.553. The lowest BCUT2D eigenvalue weighted by Gasteiger charge is -2.14. The van der Waals surface area contributed by atoms with Crippen LogP contribution in [0.4, 0.5) is 0 Å². The first-order chi connectivity index (χ1) is 12.3. The zero-order valence-electron chi connectivity index (χ0n) is 14.6. The molecule has 128 valence electrons. The molecule has 0 amide bonds. The van der Waals surface area contributed by atoms with Gasteiger partial charge in [0.25, 0.3) is 0 Å². The number of rotatable bonds is 5. The average molecular weight is 333 g/mol. The van der Waals surface area contributed by atoms with Gasteiger partial charge in [-0.2, -0.15) is 0 Å². The summed E-state index contributed by atoms with van der Waals surface area (Å²) in [7, 11) is 3.47. The van der Waals surface area contributed by atoms with Crippen LogP contribution in [0.2, 0.25) is 0 Å². The van der Waals surface area contributed by atoms with Crippen LogP contribution in [0, 0.1) is 0 Å². The minimum absolute atomic E-state index is 0.652. The first-order valence-corrected chi connectivity index (χ1v) is 8.35. The third kappa shape index (κ3) is 4.10. The van der Waals surface area contributed by atoms with E-state index in [-0.39, 0.29) is 0 Å². The lowest BCUT2D eigenvalue weighted by molar-refractivity contribution is 0.409. The monoisotopic (exact) mass is 333 g/mol. The topological polar surface area (TPSA) is 45.7 Å². The fourth-order valence-corrected chi connectivity index (χ4v) is 2.87. The molecule has 3 aromatic rings. The predicted octanol–water partition coefficient (Wildman–Crippen LogP) is 3.71. The van der Waals surface area contributed by atoms with Crippen molar-refractivity contribution in [3.63, 3.8) is 0 Å². The molecule has 0 aliphatic carbocycles. The van der Waals surface area contributed by atoms with Gasteiger partial charge in [-0.3, -0.25) is 4.99 Å². The molecular formula is C21H23N3O. The van der Waals surface area contributed by atoms with Gasteiger partial charge in [-0.1, -0.05) is 60.7 Å². The molecule has 0 aliphatic rings. The van der Waals surface area contributed by atoms with Crippen LogP contribution in [-0.4, -0.2) is 20.1 Å². The van der Waals surface area contributed by atoms with Gasteiger partial charge in [0.05, 0.1) is 7.11 Å². The Morgan fingerprint density at radius 2 is 1.48 bits per heavy atom. The summed E-state index contributed by atoms with van der Waals surface area (Å²) in [5.41, 5.74) is 2.34. The number of ether oxygens (including phenoxy) is 1. The second-order valence-corrected chi connectivity index (χ2v) is 5.73. The molecular weight excluding hydrogens is 310 g/mol. The molecule has 2 N–H and O–H groups in total. The maximum absolute atomic E-state index is 5.39. The highest BCUT2D eigenvalue weighted by Gasteiger charge is 2.05. The zero-order chi connectivity index (χ0) is 17.5. The lowest BCUT2D eigenvalue weighted by Crippen LogP contribution is -2.36. The number of guanidine groups is 1. The number of para-hydroxylation sites is 1. The number of hydrogen-bond donors (Lipinski definition) is 2. The molecule has 0 radical (unpaired) electrons. The number of methoxy groups -OCH3 is 1. The highest BCUT2D eigenvalue weighted by Crippen LogP contribution is 2.18. The van der Waals surface area contributed by atoms with Gasteiger partial charge in [0.1, 0.15) is 5.75 Å². The summed E-state index contributed by atoms with van der Waals surface area (Å²) >= 11 is 0. The van der Waals surface area contributed by atoms with E-state index in [2.05, 4.69) is 58.1 Å². The Morgan fingerprint density at radius 3 is 2.28 bits per heavy atom. The van der Waals surface area contributed by atoms with Crippen LogP contribution in [0.15, 0.2) is 71.7 Å². The van der Waals surface area contributed by atoms with Gasteiger partial charge >= 0.3 is 0 Å². The third-order valence-electron chi connectivity index (χ3n) is 4.19. The normalized spacial score (nSPS) is 11.4. The number of benzene rings is 3. The Hall–Kier alpha value is -3.01. The molecule has 25 heavy (non-hydrogen) atoms. The van der Waals surface area contributed by atoms with E-state index in [0.29, 0.717) is 13.1 Å². The predicted molar refractivity (Wildman–Crippen MR) is 104 cm³/mol. The Morgan fingerprint density at radius 1 is 0.840 bits per heavy atom. The van der Waals surface area contributed by atoms with Crippen LogP contribution in [0.5, 0.6) is 5.75 Å². The van der Waals surface area contributed by atoms with Gasteiger partial charge in [0.15, 0.2) is 5.96 Å². The molecule has 0 heterocycles. The van der Waals surface area contributed by atoms with Gasteiger partial charge in [0.2, 0.25) is 0 Å².